The van der Waals surface area contributed by atoms with Crippen molar-refractivity contribution in [1.29, 1.82) is 0 Å². The van der Waals surface area contributed by atoms with Crippen LogP contribution in [-0.2, 0) is 0 Å². The summed E-state index contributed by atoms with van der Waals surface area (Å²) < 4.78 is 0. The minimum Gasteiger partial charge on any atom is -0.259 e. The van der Waals surface area contributed by atoms with Crippen LogP contribution in [0.15, 0.2) is 58.5 Å². The molecule has 3 aromatic rings. The lowest BCUT2D eigenvalue weighted by atomic mass is 9.98. The molecule has 0 unspecified atom stereocenters. The van der Waals surface area contributed by atoms with Crippen LogP contribution in [0.1, 0.15) is 13.8 Å². The third kappa shape index (κ3) is 1.90. The van der Waals surface area contributed by atoms with Crippen LogP contribution in [0.3, 0.4) is 0 Å². The SMILES string of the molecule is CC=Nc1c(N=CC)c2ccccc2c2ccccc12. The molecule has 3 aromatic carbocycles. The molecule has 0 bridgehead atoms. The highest BCUT2D eigenvalue weighted by Crippen LogP contribution is 2.43. The number of benzene rings is 3. The van der Waals surface area contributed by atoms with E-state index in [1.807, 2.05) is 38.4 Å². The van der Waals surface area contributed by atoms with Crippen molar-refractivity contribution < 1.29 is 0 Å². The number of hydrogen-bond donors (Lipinski definition) is 0. The molecule has 0 saturated carbocycles. The Balaban J connectivity index is 2.61. The highest BCUT2D eigenvalue weighted by molar-refractivity contribution is 6.19. The van der Waals surface area contributed by atoms with Gasteiger partial charge in [0.2, 0.25) is 0 Å². The molecule has 0 aliphatic heterocycles. The molecule has 0 heterocycles. The maximum atomic E-state index is 4.56. The number of nitrogens with zero attached hydrogens (tertiary/aromatic N) is 2. The van der Waals surface area contributed by atoms with Crippen LogP contribution in [0, 0.1) is 0 Å². The molecule has 0 saturated heterocycles. The molecule has 20 heavy (non-hydrogen) atoms. The summed E-state index contributed by atoms with van der Waals surface area (Å²) in [5, 5.41) is 4.73. The van der Waals surface area contributed by atoms with Gasteiger partial charge in [-0.25, -0.2) is 0 Å². The monoisotopic (exact) mass is 260 g/mol. The van der Waals surface area contributed by atoms with E-state index in [1.54, 1.807) is 0 Å². The van der Waals surface area contributed by atoms with Gasteiger partial charge < -0.3 is 0 Å². The summed E-state index contributed by atoms with van der Waals surface area (Å²) in [6.07, 6.45) is 3.65. The molecular weight excluding hydrogens is 244 g/mol. The van der Waals surface area contributed by atoms with E-state index in [1.165, 1.54) is 10.8 Å². The summed E-state index contributed by atoms with van der Waals surface area (Å²) >= 11 is 0. The highest BCUT2D eigenvalue weighted by atomic mass is 14.8. The minimum absolute atomic E-state index is 0.944. The van der Waals surface area contributed by atoms with Gasteiger partial charge in [0.15, 0.2) is 0 Å². The van der Waals surface area contributed by atoms with Crippen molar-refractivity contribution in [2.45, 2.75) is 13.8 Å². The van der Waals surface area contributed by atoms with Gasteiger partial charge in [0.1, 0.15) is 0 Å². The standard InChI is InChI=1S/C18H16N2/c1-3-19-17-15-11-7-5-9-13(15)14-10-6-8-12-16(14)18(17)20-4-2/h3-12H,1-2H3. The predicted molar refractivity (Wildman–Crippen MR) is 89.1 cm³/mol. The van der Waals surface area contributed by atoms with Gasteiger partial charge in [-0.1, -0.05) is 48.5 Å². The van der Waals surface area contributed by atoms with Crippen molar-refractivity contribution in [1.82, 2.24) is 0 Å². The molecule has 0 N–H and O–H groups in total. The first kappa shape index (κ1) is 12.5. The fraction of sp³-hybridized carbons (Fsp3) is 0.111. The lowest BCUT2D eigenvalue weighted by Crippen LogP contribution is -1.82. The smallest absolute Gasteiger partial charge is 0.0966 e. The van der Waals surface area contributed by atoms with E-state index in [4.69, 9.17) is 0 Å². The first-order chi connectivity index (χ1) is 9.86. The number of fused-ring (bicyclic) bond motifs is 3. The van der Waals surface area contributed by atoms with Crippen LogP contribution in [0.2, 0.25) is 0 Å². The highest BCUT2D eigenvalue weighted by Gasteiger charge is 2.11. The second kappa shape index (κ2) is 5.25. The second-order valence-electron chi connectivity index (χ2n) is 4.56. The molecule has 0 amide bonds. The van der Waals surface area contributed by atoms with E-state index in [0.717, 1.165) is 22.1 Å². The molecule has 0 fully saturated rings. The first-order valence-corrected chi connectivity index (χ1v) is 6.77. The van der Waals surface area contributed by atoms with Crippen LogP contribution >= 0.6 is 0 Å². The maximum Gasteiger partial charge on any atom is 0.0966 e. The average molecular weight is 260 g/mol. The molecule has 3 rings (SSSR count). The molecule has 0 radical (unpaired) electrons. The van der Waals surface area contributed by atoms with Crippen molar-refractivity contribution in [2.75, 3.05) is 0 Å². The Morgan fingerprint density at radius 1 is 0.600 bits per heavy atom. The molecule has 0 atom stereocenters. The van der Waals surface area contributed by atoms with Gasteiger partial charge in [-0.15, -0.1) is 0 Å². The third-order valence-electron chi connectivity index (χ3n) is 3.40. The summed E-state index contributed by atoms with van der Waals surface area (Å²) in [5.41, 5.74) is 1.89. The summed E-state index contributed by atoms with van der Waals surface area (Å²) in [4.78, 5) is 9.13. The Bertz CT molecular complexity index is 759. The normalized spacial score (nSPS) is 12.1. The zero-order valence-corrected chi connectivity index (χ0v) is 11.7. The molecular formula is C18H16N2. The fourth-order valence-electron chi connectivity index (χ4n) is 2.62. The molecule has 0 aromatic heterocycles. The average Bonchev–Trinajstić information content (AvgIpc) is 2.51. The largest absolute Gasteiger partial charge is 0.259 e. The van der Waals surface area contributed by atoms with Crippen LogP contribution in [0.4, 0.5) is 11.4 Å². The Labute approximate surface area is 118 Å². The summed E-state index contributed by atoms with van der Waals surface area (Å²) in [5.74, 6) is 0. The van der Waals surface area contributed by atoms with E-state index in [0.29, 0.717) is 0 Å². The van der Waals surface area contributed by atoms with Crippen molar-refractivity contribution in [2.24, 2.45) is 9.98 Å². The maximum absolute atomic E-state index is 4.56. The van der Waals surface area contributed by atoms with Gasteiger partial charge in [0.05, 0.1) is 11.4 Å². The molecule has 0 aliphatic rings. The van der Waals surface area contributed by atoms with Crippen LogP contribution in [0.25, 0.3) is 21.5 Å². The van der Waals surface area contributed by atoms with Gasteiger partial charge in [-0.2, -0.15) is 0 Å². The van der Waals surface area contributed by atoms with E-state index in [2.05, 4.69) is 46.4 Å². The third-order valence-corrected chi connectivity index (χ3v) is 3.40. The second-order valence-corrected chi connectivity index (χ2v) is 4.56. The van der Waals surface area contributed by atoms with Gasteiger partial charge >= 0.3 is 0 Å². The van der Waals surface area contributed by atoms with Crippen molar-refractivity contribution in [3.8, 4) is 0 Å². The zero-order chi connectivity index (χ0) is 13.9. The lowest BCUT2D eigenvalue weighted by Gasteiger charge is -2.11. The van der Waals surface area contributed by atoms with Crippen LogP contribution in [-0.4, -0.2) is 12.4 Å². The number of rotatable bonds is 2. The number of hydrogen-bond acceptors (Lipinski definition) is 2. The lowest BCUT2D eigenvalue weighted by molar-refractivity contribution is 1.51. The van der Waals surface area contributed by atoms with Crippen LogP contribution < -0.4 is 0 Å². The van der Waals surface area contributed by atoms with E-state index >= 15 is 0 Å². The van der Waals surface area contributed by atoms with Gasteiger partial charge in [-0.05, 0) is 24.6 Å². The van der Waals surface area contributed by atoms with Gasteiger partial charge in [-0.3, -0.25) is 9.98 Å². The van der Waals surface area contributed by atoms with Gasteiger partial charge in [0.25, 0.3) is 0 Å². The number of aliphatic imine (C=N–C) groups is 2. The summed E-state index contributed by atoms with van der Waals surface area (Å²) in [6.45, 7) is 3.87. The molecule has 0 spiro atoms. The quantitative estimate of drug-likeness (QED) is 0.433. The van der Waals surface area contributed by atoms with Crippen molar-refractivity contribution in [3.63, 3.8) is 0 Å². The van der Waals surface area contributed by atoms with Crippen molar-refractivity contribution >= 4 is 45.3 Å². The van der Waals surface area contributed by atoms with Gasteiger partial charge in [0, 0.05) is 23.2 Å². The molecule has 2 nitrogen and oxygen atoms in total. The molecule has 98 valence electrons. The Hall–Kier alpha value is -2.48. The van der Waals surface area contributed by atoms with Crippen LogP contribution in [0.5, 0.6) is 0 Å². The van der Waals surface area contributed by atoms with Crippen molar-refractivity contribution in [3.05, 3.63) is 48.5 Å². The fourth-order valence-corrected chi connectivity index (χ4v) is 2.62. The minimum atomic E-state index is 0.944. The Morgan fingerprint density at radius 3 is 1.30 bits per heavy atom. The first-order valence-electron chi connectivity index (χ1n) is 6.77. The Morgan fingerprint density at radius 2 is 0.950 bits per heavy atom. The molecule has 0 aliphatic carbocycles. The zero-order valence-electron chi connectivity index (χ0n) is 11.7. The van der Waals surface area contributed by atoms with E-state index in [9.17, 15) is 0 Å². The van der Waals surface area contributed by atoms with E-state index in [-0.39, 0.29) is 0 Å². The predicted octanol–water partition coefficient (Wildman–Crippen LogP) is 5.44. The summed E-state index contributed by atoms with van der Waals surface area (Å²) in [7, 11) is 0. The topological polar surface area (TPSA) is 24.7 Å². The molecule has 2 heteroatoms. The Kier molecular flexibility index (Phi) is 3.30. The summed E-state index contributed by atoms with van der Waals surface area (Å²) in [6, 6.07) is 16.7. The van der Waals surface area contributed by atoms with E-state index < -0.39 is 0 Å².